The first kappa shape index (κ1) is 83.8. The van der Waals surface area contributed by atoms with Crippen LogP contribution in [0.15, 0.2) is 127 Å². The molecule has 4 aromatic carbocycles. The number of likely N-dealkylation sites (tertiary alicyclic amines) is 2. The summed E-state index contributed by atoms with van der Waals surface area (Å²) < 4.78 is 0. The minimum Gasteiger partial charge on any atom is -0.370 e. The van der Waals surface area contributed by atoms with Gasteiger partial charge in [-0.25, -0.2) is 0 Å². The molecule has 0 bridgehead atoms. The lowest BCUT2D eigenvalue weighted by Crippen LogP contribution is -2.63. The smallest absolute Gasteiger partial charge is 0.245 e. The normalized spacial score (nSPS) is 17.5. The predicted octanol–water partition coefficient (Wildman–Crippen LogP) is 1.42. The Kier molecular flexibility index (Phi) is 30.6. The molecule has 10 atom stereocenters. The Hall–Kier alpha value is -11.2. The zero-order chi connectivity index (χ0) is 79.7. The van der Waals surface area contributed by atoms with Crippen molar-refractivity contribution in [3.63, 3.8) is 0 Å². The number of H-pyrrole nitrogens is 2. The molecule has 111 heavy (non-hydrogen) atoms. The van der Waals surface area contributed by atoms with Gasteiger partial charge in [0.25, 0.3) is 0 Å². The molecular weight excluding hydrogens is 1420 g/mol. The number of benzene rings is 4. The van der Waals surface area contributed by atoms with Gasteiger partial charge in [-0.3, -0.25) is 62.5 Å². The Morgan fingerprint density at radius 3 is 1.42 bits per heavy atom. The van der Waals surface area contributed by atoms with Crippen LogP contribution in [0, 0.1) is 5.92 Å². The van der Waals surface area contributed by atoms with Gasteiger partial charge in [-0.05, 0) is 130 Å². The Labute approximate surface area is 645 Å². The van der Waals surface area contributed by atoms with Crippen molar-refractivity contribution in [2.45, 2.75) is 215 Å². The third kappa shape index (κ3) is 23.4. The lowest BCUT2D eigenvalue weighted by Gasteiger charge is -2.36. The number of aromatic nitrogens is 2. The number of nitrogens with zero attached hydrogens (tertiary/aromatic N) is 3. The van der Waals surface area contributed by atoms with Gasteiger partial charge in [-0.1, -0.05) is 130 Å². The quantitative estimate of drug-likeness (QED) is 0.0147. The number of aromatic amines is 2. The van der Waals surface area contributed by atoms with Crippen LogP contribution < -0.4 is 76.9 Å². The number of hydrogen-bond donors (Lipinski definition) is 16. The highest BCUT2D eigenvalue weighted by molar-refractivity contribution is 6.01. The number of nitrogens with one attached hydrogen (secondary N) is 10. The predicted molar refractivity (Wildman–Crippen MR) is 419 cm³/mol. The van der Waals surface area contributed by atoms with Gasteiger partial charge in [0.2, 0.25) is 70.9 Å². The molecule has 1 saturated carbocycles. The number of rotatable bonds is 40. The highest BCUT2D eigenvalue weighted by Gasteiger charge is 2.44. The molecule has 6 aromatic rings. The molecule has 596 valence electrons. The van der Waals surface area contributed by atoms with E-state index in [9.17, 15) is 33.6 Å². The summed E-state index contributed by atoms with van der Waals surface area (Å²) >= 11 is 0. The lowest BCUT2D eigenvalue weighted by molar-refractivity contribution is -0.144. The van der Waals surface area contributed by atoms with Crippen molar-refractivity contribution in [3.8, 4) is 0 Å². The monoisotopic (exact) mass is 1530 g/mol. The minimum absolute atomic E-state index is 0.0919. The summed E-state index contributed by atoms with van der Waals surface area (Å²) in [5.41, 5.74) is 37.3. The van der Waals surface area contributed by atoms with Crippen LogP contribution in [0.2, 0.25) is 0 Å². The fraction of sp³-hybridized carbons (Fsp3) is 0.487. The Morgan fingerprint density at radius 1 is 0.486 bits per heavy atom. The van der Waals surface area contributed by atoms with Crippen molar-refractivity contribution in [2.75, 3.05) is 26.2 Å². The van der Waals surface area contributed by atoms with Gasteiger partial charge < -0.3 is 96.7 Å². The van der Waals surface area contributed by atoms with Crippen LogP contribution in [0.25, 0.3) is 21.8 Å². The number of aliphatic imine (C=N–C) groups is 1. The Bertz CT molecular complexity index is 4250. The van der Waals surface area contributed by atoms with Crippen molar-refractivity contribution in [2.24, 2.45) is 45.3 Å². The molecule has 0 spiro atoms. The number of carbonyl (C=O) groups excluding carboxylic acids is 12. The van der Waals surface area contributed by atoms with Gasteiger partial charge in [-0.15, -0.1) is 0 Å². The van der Waals surface area contributed by atoms with Crippen LogP contribution in [0.3, 0.4) is 0 Å². The van der Waals surface area contributed by atoms with Gasteiger partial charge >= 0.3 is 0 Å². The van der Waals surface area contributed by atoms with Gasteiger partial charge in [0.05, 0.1) is 6.04 Å². The Morgan fingerprint density at radius 2 is 0.937 bits per heavy atom. The van der Waals surface area contributed by atoms with Crippen molar-refractivity contribution < 1.29 is 57.5 Å². The van der Waals surface area contributed by atoms with Crippen LogP contribution in [-0.2, 0) is 83.2 Å². The molecule has 3 fully saturated rings. The van der Waals surface area contributed by atoms with E-state index in [1.165, 1.54) is 9.80 Å². The van der Waals surface area contributed by atoms with E-state index in [2.05, 4.69) is 57.5 Å². The van der Waals surface area contributed by atoms with Crippen molar-refractivity contribution in [3.05, 3.63) is 144 Å². The van der Waals surface area contributed by atoms with Crippen molar-refractivity contribution in [1.82, 2.24) is 62.3 Å². The number of amides is 12. The molecule has 4 heterocycles. The summed E-state index contributed by atoms with van der Waals surface area (Å²) in [5.74, 6) is -8.92. The van der Waals surface area contributed by atoms with Crippen LogP contribution in [0.1, 0.15) is 145 Å². The molecule has 1 aliphatic carbocycles. The minimum atomic E-state index is -1.61. The van der Waals surface area contributed by atoms with E-state index < -0.39 is 150 Å². The first-order valence-corrected chi connectivity index (χ1v) is 38.6. The summed E-state index contributed by atoms with van der Waals surface area (Å²) in [7, 11) is 0. The summed E-state index contributed by atoms with van der Waals surface area (Å²) in [4.78, 5) is 188. The van der Waals surface area contributed by atoms with E-state index in [1.54, 1.807) is 79.1 Å². The molecular formula is C80H109N19O12. The maximum atomic E-state index is 15.5. The van der Waals surface area contributed by atoms with E-state index in [0.29, 0.717) is 104 Å². The molecule has 31 heteroatoms. The number of carbonyl (C=O) groups is 12. The largest absolute Gasteiger partial charge is 0.370 e. The Balaban J connectivity index is 0.970. The fourth-order valence-electron chi connectivity index (χ4n) is 15.1. The summed E-state index contributed by atoms with van der Waals surface area (Å²) in [5, 5.41) is 24.4. The summed E-state index contributed by atoms with van der Waals surface area (Å²) in [6, 6.07) is 19.3. The highest BCUT2D eigenvalue weighted by atomic mass is 16.2. The second-order valence-corrected chi connectivity index (χ2v) is 29.8. The van der Waals surface area contributed by atoms with Gasteiger partial charge in [-0.2, -0.15) is 0 Å². The van der Waals surface area contributed by atoms with E-state index in [-0.39, 0.29) is 82.9 Å². The number of guanidine groups is 1. The third-order valence-corrected chi connectivity index (χ3v) is 21.0. The SMILES string of the molecule is CC(C)C[C@H](NC(=O)[C@@H](Cc1c[nH]c2ccccc12)NC(=O)[C@H](Cc1ccccc1)NC(=O)[C@@H](Cc1c[nH]c2ccccc12)NC(=O)[C@H](CCC(N)=O)NC(=O)[C@@H](Cc1ccccc1)NC(=O)[C@@H]1CCCN1C(=O)[C@H](CCCCN)NC(=O)[C@@H]1CCCN1C(=O)[C@H](N)CCCN=C(N)N)C(=O)NC1(C(N)=O)CCCCC1. The van der Waals surface area contributed by atoms with Crippen molar-refractivity contribution in [1.29, 1.82) is 0 Å². The molecule has 2 saturated heterocycles. The van der Waals surface area contributed by atoms with E-state index in [4.69, 9.17) is 34.4 Å². The number of nitrogens with two attached hydrogens (primary N) is 6. The number of hydrogen-bond acceptors (Lipinski definition) is 15. The zero-order valence-corrected chi connectivity index (χ0v) is 63.3. The molecule has 0 radical (unpaired) electrons. The highest BCUT2D eigenvalue weighted by Crippen LogP contribution is 2.30. The molecule has 3 aliphatic rings. The number of fused-ring (bicyclic) bond motifs is 2. The second kappa shape index (κ2) is 40.5. The van der Waals surface area contributed by atoms with Gasteiger partial charge in [0.15, 0.2) is 5.96 Å². The maximum absolute atomic E-state index is 15.5. The standard InChI is InChI=1S/C80H109N19O12/c1-48(2)41-60(73(106)97-80(78(84)111)35-15-5-16-36-80)92-71(104)64(45-52-47-89-57-29-13-11-26-54(52)57)95-70(103)61(42-49-21-6-3-7-22-49)93-72(105)63(44-51-46-88-56-28-12-10-25-53(51)56)94-68(101)58(33-34-67(83)100)90-69(102)62(43-50-23-8-4-9-24-50)96-75(108)66-32-20-40-99(66)77(110)59(30-14-17-37-81)91-74(107)65-31-19-39-98(65)76(109)55(82)27-18-38-87-79(85)86/h3-4,6-13,21-26,28-29,46-48,55,58-66,88-89H,5,14-20,27,30-45,81-82H2,1-2H3,(H2,83,100)(H2,84,111)(H,90,102)(H,91,107)(H,92,104)(H,93,105)(H,94,101)(H,95,103)(H,96,108)(H,97,106)(H4,85,86,87)/t55-,58+,59+,60+,61+,62-,63-,64-,65+,66+/m1/s1. The molecule has 2 aromatic heterocycles. The third-order valence-electron chi connectivity index (χ3n) is 21.0. The van der Waals surface area contributed by atoms with Crippen LogP contribution in [0.5, 0.6) is 0 Å². The molecule has 9 rings (SSSR count). The average molecular weight is 1530 g/mol. The van der Waals surface area contributed by atoms with E-state index in [0.717, 1.165) is 17.3 Å². The molecule has 31 nitrogen and oxygen atoms in total. The molecule has 22 N–H and O–H groups in total. The molecule has 0 unspecified atom stereocenters. The van der Waals surface area contributed by atoms with Crippen molar-refractivity contribution >= 4 is 98.7 Å². The topological polar surface area (TPSA) is 508 Å². The van der Waals surface area contributed by atoms with E-state index >= 15 is 24.0 Å². The van der Waals surface area contributed by atoms with Crippen LogP contribution in [0.4, 0.5) is 0 Å². The van der Waals surface area contributed by atoms with Crippen LogP contribution in [-0.4, -0.2) is 189 Å². The molecule has 12 amide bonds. The summed E-state index contributed by atoms with van der Waals surface area (Å²) in [6.07, 6.45) is 8.08. The van der Waals surface area contributed by atoms with Crippen LogP contribution >= 0.6 is 0 Å². The fourth-order valence-corrected chi connectivity index (χ4v) is 15.1. The summed E-state index contributed by atoms with van der Waals surface area (Å²) in [6.45, 7) is 4.70. The van der Waals surface area contributed by atoms with Gasteiger partial charge in [0.1, 0.15) is 59.9 Å². The molecule has 2 aliphatic heterocycles. The first-order chi connectivity index (χ1) is 53.3. The number of unbranched alkanes of at least 4 members (excludes halogenated alkanes) is 1. The second-order valence-electron chi connectivity index (χ2n) is 29.8. The zero-order valence-electron chi connectivity index (χ0n) is 63.3. The maximum Gasteiger partial charge on any atom is 0.245 e. The van der Waals surface area contributed by atoms with Gasteiger partial charge in [0, 0.05) is 85.9 Å². The lowest BCUT2D eigenvalue weighted by atomic mass is 9.80. The number of para-hydroxylation sites is 2. The van der Waals surface area contributed by atoms with E-state index in [1.807, 2.05) is 56.3 Å². The number of primary amides is 2. The first-order valence-electron chi connectivity index (χ1n) is 38.6. The average Bonchev–Trinajstić information content (AvgIpc) is 1.75.